The van der Waals surface area contributed by atoms with E-state index in [2.05, 4.69) is 207 Å². The van der Waals surface area contributed by atoms with Crippen LogP contribution in [0.15, 0.2) is 187 Å². The van der Waals surface area contributed by atoms with Gasteiger partial charge in [-0.3, -0.25) is 4.57 Å². The van der Waals surface area contributed by atoms with Gasteiger partial charge in [-0.1, -0.05) is 153 Å². The quantitative estimate of drug-likeness (QED) is 0.106. The Kier molecular flexibility index (Phi) is 11.4. The van der Waals surface area contributed by atoms with Crippen molar-refractivity contribution in [2.45, 2.75) is 65.1 Å². The van der Waals surface area contributed by atoms with Gasteiger partial charge in [0.25, 0.3) is 0 Å². The van der Waals surface area contributed by atoms with Crippen LogP contribution in [-0.2, 0) is 25.9 Å². The molecule has 1 unspecified atom stereocenters. The monoisotopic (exact) mass is 926 g/mol. The molecule has 9 aromatic rings. The Morgan fingerprint density at radius 2 is 1.28 bits per heavy atom. The normalized spacial score (nSPS) is 16.3. The zero-order valence-electron chi connectivity index (χ0n) is 40.4. The molecule has 1 atom stereocenters. The highest BCUT2D eigenvalue weighted by atomic mass is 15.2. The fraction of sp³-hybridized carbons (Fsp3) is 0.159. The summed E-state index contributed by atoms with van der Waals surface area (Å²) in [5.74, 6) is 1.94. The number of hydrogen-bond acceptors (Lipinski definition) is 4. The molecule has 8 heteroatoms. The molecular weight excluding hydrogens is 869 g/mol. The van der Waals surface area contributed by atoms with E-state index in [0.717, 1.165) is 67.0 Å². The molecule has 5 N–H and O–H groups in total. The second-order valence-electron chi connectivity index (χ2n) is 18.8. The maximum Gasteiger partial charge on any atom is 0.137 e. The van der Waals surface area contributed by atoms with Crippen molar-refractivity contribution in [2.24, 2.45) is 11.5 Å². The second kappa shape index (κ2) is 18.4. The lowest BCUT2D eigenvalue weighted by atomic mass is 10.0. The Morgan fingerprint density at radius 1 is 0.648 bits per heavy atom. The van der Waals surface area contributed by atoms with Crippen molar-refractivity contribution >= 4 is 78.6 Å². The maximum atomic E-state index is 6.59. The van der Waals surface area contributed by atoms with Crippen molar-refractivity contribution in [1.29, 1.82) is 0 Å². The van der Waals surface area contributed by atoms with Gasteiger partial charge in [0.2, 0.25) is 0 Å². The number of para-hydroxylation sites is 3. The minimum atomic E-state index is -0.151. The third-order valence-corrected chi connectivity index (χ3v) is 14.6. The van der Waals surface area contributed by atoms with Crippen molar-refractivity contribution < 1.29 is 0 Å². The second-order valence-corrected chi connectivity index (χ2v) is 18.8. The van der Waals surface area contributed by atoms with Crippen LogP contribution >= 0.6 is 0 Å². The van der Waals surface area contributed by atoms with E-state index >= 15 is 0 Å². The number of aromatic nitrogens is 5. The molecule has 0 saturated heterocycles. The van der Waals surface area contributed by atoms with E-state index < -0.39 is 0 Å². The molecule has 0 saturated carbocycles. The number of rotatable bonds is 12. The van der Waals surface area contributed by atoms with Crippen LogP contribution in [-0.4, -0.2) is 23.3 Å². The highest BCUT2D eigenvalue weighted by Crippen LogP contribution is 2.41. The molecule has 350 valence electrons. The molecule has 5 aromatic heterocycles. The van der Waals surface area contributed by atoms with Gasteiger partial charge >= 0.3 is 0 Å². The van der Waals surface area contributed by atoms with Gasteiger partial charge in [0.1, 0.15) is 11.6 Å². The molecular formula is C63H58N8. The van der Waals surface area contributed by atoms with Gasteiger partial charge < -0.3 is 30.5 Å². The van der Waals surface area contributed by atoms with E-state index in [1.54, 1.807) is 0 Å². The Hall–Kier alpha value is -8.49. The summed E-state index contributed by atoms with van der Waals surface area (Å²) in [6.45, 7) is 5.81. The minimum absolute atomic E-state index is 0.151. The first kappa shape index (κ1) is 43.8. The van der Waals surface area contributed by atoms with E-state index in [0.29, 0.717) is 17.9 Å². The SMILES string of the molecule is CC/C=C\c1c2c(n(-c3cccc(C4C=CC=C(n5c6ccccc6c6ccc7c8ccccc8n(C\C=C/C=C(N)/C(N)=C/C=C\Cn8c9c(c%10ccccc%108)C=CCC9)c7c65)N4)n3)c1C)CCC=C2. The first-order valence-corrected chi connectivity index (χ1v) is 25.1. The van der Waals surface area contributed by atoms with Gasteiger partial charge in [-0.15, -0.1) is 0 Å². The molecule has 1 aliphatic heterocycles. The predicted molar refractivity (Wildman–Crippen MR) is 299 cm³/mol. The molecule has 0 fully saturated rings. The van der Waals surface area contributed by atoms with E-state index in [9.17, 15) is 0 Å². The number of nitrogens with zero attached hydrogens (tertiary/aromatic N) is 5. The Balaban J connectivity index is 0.861. The van der Waals surface area contributed by atoms with Crippen molar-refractivity contribution in [2.75, 3.05) is 0 Å². The van der Waals surface area contributed by atoms with Crippen LogP contribution in [0.1, 0.15) is 71.7 Å². The lowest BCUT2D eigenvalue weighted by Gasteiger charge is -2.24. The first-order chi connectivity index (χ1) is 35.0. The van der Waals surface area contributed by atoms with Crippen molar-refractivity contribution in [3.05, 3.63) is 227 Å². The number of fused-ring (bicyclic) bond motifs is 11. The predicted octanol–water partition coefficient (Wildman–Crippen LogP) is 13.9. The van der Waals surface area contributed by atoms with Gasteiger partial charge in [0.05, 0.1) is 39.7 Å². The summed E-state index contributed by atoms with van der Waals surface area (Å²) in [6.07, 6.45) is 37.5. The number of pyridine rings is 1. The minimum Gasteiger partial charge on any atom is -0.397 e. The summed E-state index contributed by atoms with van der Waals surface area (Å²) in [7, 11) is 0. The van der Waals surface area contributed by atoms with Crippen LogP contribution in [0.3, 0.4) is 0 Å². The summed E-state index contributed by atoms with van der Waals surface area (Å²) in [4.78, 5) is 5.40. The number of allylic oxidation sites excluding steroid dienone is 11. The zero-order chi connectivity index (χ0) is 48.0. The van der Waals surface area contributed by atoms with Crippen LogP contribution in [0.2, 0.25) is 0 Å². The number of nitrogens with two attached hydrogens (primary N) is 2. The van der Waals surface area contributed by atoms with Crippen LogP contribution in [0, 0.1) is 6.92 Å². The molecule has 0 spiro atoms. The molecule has 8 nitrogen and oxygen atoms in total. The van der Waals surface area contributed by atoms with Crippen LogP contribution in [0.4, 0.5) is 0 Å². The Labute approximate surface area is 414 Å². The van der Waals surface area contributed by atoms with Gasteiger partial charge in [-0.2, -0.15) is 0 Å². The number of nitrogens with one attached hydrogen (secondary N) is 1. The summed E-state index contributed by atoms with van der Waals surface area (Å²) in [5.41, 5.74) is 28.9. The van der Waals surface area contributed by atoms with Gasteiger partial charge in [-0.05, 0) is 87.6 Å². The molecule has 12 rings (SSSR count). The fourth-order valence-electron chi connectivity index (χ4n) is 11.3. The number of benzene rings is 4. The highest BCUT2D eigenvalue weighted by molar-refractivity contribution is 6.23. The van der Waals surface area contributed by atoms with E-state index in [-0.39, 0.29) is 6.04 Å². The molecule has 2 aliphatic carbocycles. The summed E-state index contributed by atoms with van der Waals surface area (Å²) < 4.78 is 9.65. The van der Waals surface area contributed by atoms with Crippen molar-refractivity contribution in [3.63, 3.8) is 0 Å². The summed E-state index contributed by atoms with van der Waals surface area (Å²) in [6, 6.07) is 37.0. The van der Waals surface area contributed by atoms with Gasteiger partial charge in [0.15, 0.2) is 0 Å². The number of hydrogen-bond donors (Lipinski definition) is 3. The van der Waals surface area contributed by atoms with Gasteiger partial charge in [0, 0.05) is 84.8 Å². The highest BCUT2D eigenvalue weighted by Gasteiger charge is 2.25. The number of dihydropyridines is 1. The average Bonchev–Trinajstić information content (AvgIpc) is 4.12. The Morgan fingerprint density at radius 3 is 2.03 bits per heavy atom. The van der Waals surface area contributed by atoms with Crippen LogP contribution in [0.25, 0.3) is 84.4 Å². The summed E-state index contributed by atoms with van der Waals surface area (Å²) >= 11 is 0. The van der Waals surface area contributed by atoms with E-state index in [1.807, 2.05) is 24.3 Å². The molecule has 0 radical (unpaired) electrons. The Bertz CT molecular complexity index is 3880. The molecule has 0 bridgehead atoms. The van der Waals surface area contributed by atoms with E-state index in [4.69, 9.17) is 16.5 Å². The van der Waals surface area contributed by atoms with E-state index in [1.165, 1.54) is 77.3 Å². The molecule has 71 heavy (non-hydrogen) atoms. The van der Waals surface area contributed by atoms with Crippen LogP contribution < -0.4 is 16.8 Å². The third-order valence-electron chi connectivity index (χ3n) is 14.6. The fourth-order valence-corrected chi connectivity index (χ4v) is 11.3. The first-order valence-electron chi connectivity index (χ1n) is 25.1. The molecule has 4 aromatic carbocycles. The lowest BCUT2D eigenvalue weighted by Crippen LogP contribution is -2.25. The molecule has 0 amide bonds. The average molecular weight is 927 g/mol. The molecule has 6 heterocycles. The lowest BCUT2D eigenvalue weighted by molar-refractivity contribution is 0.706. The standard InChI is InChI=1S/C63H58N8/c1-3-4-21-43-42(2)70(58-34-13-8-22-44(43)58)60-36-19-29-53(66-60)54-30-20-37-61(67-54)71-59-35-14-9-26-48(59)50-39-38-49-47-25-7-12-33-57(47)69(62(49)63(50)71)41-18-16-28-52(65)51(64)27-15-17-40-68-55-31-10-5-23-45(55)46-24-6-11-32-56(46)68/h4-10,12,14-31,33,35-39,54,67H,3,11,13,32,34,40-41,64-65H2,1-2H3/b17-15-,18-16-,21-4-,51-27-,52-28-. The topological polar surface area (TPSA) is 96.7 Å². The maximum absolute atomic E-state index is 6.59. The third kappa shape index (κ3) is 7.58. The summed E-state index contributed by atoms with van der Waals surface area (Å²) in [5, 5.41) is 10.1. The van der Waals surface area contributed by atoms with Gasteiger partial charge in [-0.25, -0.2) is 4.98 Å². The van der Waals surface area contributed by atoms with Crippen molar-refractivity contribution in [1.82, 2.24) is 28.6 Å². The largest absolute Gasteiger partial charge is 0.397 e. The smallest absolute Gasteiger partial charge is 0.137 e. The molecule has 3 aliphatic rings. The van der Waals surface area contributed by atoms with Crippen molar-refractivity contribution in [3.8, 4) is 5.82 Å². The van der Waals surface area contributed by atoms with Crippen LogP contribution in [0.5, 0.6) is 0 Å². The zero-order valence-corrected chi connectivity index (χ0v) is 40.4.